The molecule has 5 heteroatoms. The lowest BCUT2D eigenvalue weighted by Crippen LogP contribution is -2.48. The van der Waals surface area contributed by atoms with Crippen LogP contribution in [0.15, 0.2) is 18.5 Å². The fourth-order valence-corrected chi connectivity index (χ4v) is 3.26. The fourth-order valence-electron chi connectivity index (χ4n) is 3.26. The van der Waals surface area contributed by atoms with Crippen LogP contribution in [0.5, 0.6) is 0 Å². The van der Waals surface area contributed by atoms with E-state index in [4.69, 9.17) is 5.73 Å². The van der Waals surface area contributed by atoms with Crippen molar-refractivity contribution in [3.8, 4) is 0 Å². The molecule has 1 aliphatic rings. The van der Waals surface area contributed by atoms with E-state index in [9.17, 15) is 0 Å². The van der Waals surface area contributed by atoms with Gasteiger partial charge in [0.25, 0.3) is 0 Å². The van der Waals surface area contributed by atoms with Gasteiger partial charge in [-0.2, -0.15) is 5.10 Å². The summed E-state index contributed by atoms with van der Waals surface area (Å²) in [5, 5.41) is 4.64. The summed E-state index contributed by atoms with van der Waals surface area (Å²) in [5.41, 5.74) is 8.50. The molecule has 0 amide bonds. The van der Waals surface area contributed by atoms with Gasteiger partial charge in [-0.05, 0) is 24.8 Å². The van der Waals surface area contributed by atoms with Crippen molar-refractivity contribution in [2.24, 2.45) is 5.73 Å². The zero-order valence-electron chi connectivity index (χ0n) is 13.2. The van der Waals surface area contributed by atoms with Crippen LogP contribution in [0.1, 0.15) is 51.1 Å². The van der Waals surface area contributed by atoms with Crippen molar-refractivity contribution >= 4 is 11.3 Å². The highest BCUT2D eigenvalue weighted by molar-refractivity contribution is 5.69. The van der Waals surface area contributed by atoms with Gasteiger partial charge in [-0.15, -0.1) is 0 Å². The molecule has 21 heavy (non-hydrogen) atoms. The minimum absolute atomic E-state index is 0.235. The number of hydrogen-bond donors (Lipinski definition) is 1. The Labute approximate surface area is 126 Å². The first-order chi connectivity index (χ1) is 10.1. The minimum Gasteiger partial charge on any atom is -0.353 e. The average Bonchev–Trinajstić information content (AvgIpc) is 2.91. The van der Waals surface area contributed by atoms with Crippen LogP contribution in [-0.2, 0) is 0 Å². The number of fused-ring (bicyclic) bond motifs is 1. The summed E-state index contributed by atoms with van der Waals surface area (Å²) < 4.78 is 1.93. The van der Waals surface area contributed by atoms with Crippen LogP contribution < -0.4 is 10.6 Å². The van der Waals surface area contributed by atoms with E-state index in [0.717, 1.165) is 29.9 Å². The Hall–Kier alpha value is -1.62. The second kappa shape index (κ2) is 5.64. The molecule has 5 nitrogen and oxygen atoms in total. The van der Waals surface area contributed by atoms with Gasteiger partial charge in [0.2, 0.25) is 0 Å². The topological polar surface area (TPSA) is 59.5 Å². The summed E-state index contributed by atoms with van der Waals surface area (Å²) in [5.74, 6) is 1.40. The average molecular weight is 287 g/mol. The molecular weight excluding hydrogens is 262 g/mol. The highest BCUT2D eigenvalue weighted by Gasteiger charge is 2.27. The predicted molar refractivity (Wildman–Crippen MR) is 85.7 cm³/mol. The van der Waals surface area contributed by atoms with Gasteiger partial charge in [0.15, 0.2) is 5.82 Å². The van der Waals surface area contributed by atoms with E-state index < -0.39 is 0 Å². The summed E-state index contributed by atoms with van der Waals surface area (Å²) in [6, 6.07) is 2.76. The quantitative estimate of drug-likeness (QED) is 0.942. The van der Waals surface area contributed by atoms with Crippen molar-refractivity contribution in [3.63, 3.8) is 0 Å². The first kappa shape index (κ1) is 14.3. The molecule has 2 aromatic rings. The summed E-state index contributed by atoms with van der Waals surface area (Å²) in [4.78, 5) is 6.85. The summed E-state index contributed by atoms with van der Waals surface area (Å²) in [7, 11) is 2.11. The number of rotatable bonds is 3. The van der Waals surface area contributed by atoms with Gasteiger partial charge in [-0.1, -0.05) is 26.7 Å². The summed E-state index contributed by atoms with van der Waals surface area (Å²) in [6.07, 6.45) is 8.49. The maximum Gasteiger partial charge on any atom is 0.154 e. The number of nitrogens with zero attached hydrogens (tertiary/aromatic N) is 4. The molecular formula is C16H25N5. The third-order valence-corrected chi connectivity index (χ3v) is 4.59. The van der Waals surface area contributed by atoms with Gasteiger partial charge in [-0.3, -0.25) is 0 Å². The van der Waals surface area contributed by atoms with E-state index >= 15 is 0 Å². The van der Waals surface area contributed by atoms with Gasteiger partial charge in [-0.25, -0.2) is 9.50 Å². The van der Waals surface area contributed by atoms with Crippen LogP contribution >= 0.6 is 0 Å². The van der Waals surface area contributed by atoms with Gasteiger partial charge in [0, 0.05) is 31.5 Å². The summed E-state index contributed by atoms with van der Waals surface area (Å²) in [6.45, 7) is 4.32. The van der Waals surface area contributed by atoms with Gasteiger partial charge < -0.3 is 10.6 Å². The number of hydrogen-bond acceptors (Lipinski definition) is 4. The summed E-state index contributed by atoms with van der Waals surface area (Å²) >= 11 is 0. The van der Waals surface area contributed by atoms with E-state index in [1.807, 2.05) is 16.9 Å². The van der Waals surface area contributed by atoms with Crippen LogP contribution in [0.3, 0.4) is 0 Å². The molecule has 2 heterocycles. The molecule has 0 aromatic carbocycles. The van der Waals surface area contributed by atoms with Crippen LogP contribution in [0.25, 0.3) is 5.52 Å². The highest BCUT2D eigenvalue weighted by Crippen LogP contribution is 2.28. The Bertz CT molecular complexity index is 618. The van der Waals surface area contributed by atoms with Crippen LogP contribution in [-0.4, -0.2) is 33.7 Å². The van der Waals surface area contributed by atoms with Crippen molar-refractivity contribution in [1.29, 1.82) is 0 Å². The van der Waals surface area contributed by atoms with Crippen molar-refractivity contribution < 1.29 is 0 Å². The lowest BCUT2D eigenvalue weighted by atomic mass is 9.90. The number of aromatic nitrogens is 3. The molecule has 3 rings (SSSR count). The fraction of sp³-hybridized carbons (Fsp3) is 0.625. The van der Waals surface area contributed by atoms with Crippen molar-refractivity contribution in [3.05, 3.63) is 24.2 Å². The van der Waals surface area contributed by atoms with Crippen LogP contribution in [0.2, 0.25) is 0 Å². The molecule has 0 radical (unpaired) electrons. The lowest BCUT2D eigenvalue weighted by molar-refractivity contribution is 0.372. The molecule has 0 bridgehead atoms. The van der Waals surface area contributed by atoms with Crippen molar-refractivity contribution in [2.45, 2.75) is 57.5 Å². The van der Waals surface area contributed by atoms with Crippen LogP contribution in [0.4, 0.5) is 5.82 Å². The molecule has 2 N–H and O–H groups in total. The van der Waals surface area contributed by atoms with E-state index in [0.29, 0.717) is 12.0 Å². The molecule has 1 fully saturated rings. The second-order valence-electron chi connectivity index (χ2n) is 6.43. The first-order valence-corrected chi connectivity index (χ1v) is 7.90. The Balaban J connectivity index is 1.98. The van der Waals surface area contributed by atoms with E-state index in [1.54, 1.807) is 0 Å². The standard InChI is InChI=1S/C16H25N5/c1-11(2)13-10-15-16(18-8-9-21(15)19-13)20(3)14-7-5-4-6-12(14)17/h8-12,14H,4-7,17H2,1-3H3. The van der Waals surface area contributed by atoms with Gasteiger partial charge in [0.1, 0.15) is 5.52 Å². The van der Waals surface area contributed by atoms with Gasteiger partial charge >= 0.3 is 0 Å². The number of nitrogens with two attached hydrogens (primary N) is 1. The maximum atomic E-state index is 6.32. The molecule has 0 saturated heterocycles. The molecule has 2 aromatic heterocycles. The zero-order valence-corrected chi connectivity index (χ0v) is 13.2. The van der Waals surface area contributed by atoms with Gasteiger partial charge in [0.05, 0.1) is 5.69 Å². The maximum absolute atomic E-state index is 6.32. The van der Waals surface area contributed by atoms with Crippen LogP contribution in [0, 0.1) is 0 Å². The first-order valence-electron chi connectivity index (χ1n) is 7.90. The molecule has 2 atom stereocenters. The number of anilines is 1. The molecule has 2 unspecified atom stereocenters. The molecule has 1 aliphatic carbocycles. The molecule has 0 aliphatic heterocycles. The van der Waals surface area contributed by atoms with E-state index in [2.05, 4.69) is 41.9 Å². The molecule has 1 saturated carbocycles. The Morgan fingerprint density at radius 3 is 2.81 bits per heavy atom. The number of likely N-dealkylation sites (N-methyl/N-ethyl adjacent to an activating group) is 1. The zero-order chi connectivity index (χ0) is 15.0. The molecule has 0 spiro atoms. The molecule has 114 valence electrons. The SMILES string of the molecule is CC(C)c1cc2c(N(C)C3CCCCC3N)nccn2n1. The lowest BCUT2D eigenvalue weighted by Gasteiger charge is -2.36. The monoisotopic (exact) mass is 287 g/mol. The smallest absolute Gasteiger partial charge is 0.154 e. The van der Waals surface area contributed by atoms with Crippen molar-refractivity contribution in [2.75, 3.05) is 11.9 Å². The minimum atomic E-state index is 0.235. The largest absolute Gasteiger partial charge is 0.353 e. The second-order valence-corrected chi connectivity index (χ2v) is 6.43. The van der Waals surface area contributed by atoms with Crippen molar-refractivity contribution in [1.82, 2.24) is 14.6 Å². The third kappa shape index (κ3) is 2.62. The normalized spacial score (nSPS) is 22.9. The Kier molecular flexibility index (Phi) is 3.85. The van der Waals surface area contributed by atoms with E-state index in [1.165, 1.54) is 12.8 Å². The Morgan fingerprint density at radius 1 is 1.33 bits per heavy atom. The predicted octanol–water partition coefficient (Wildman–Crippen LogP) is 2.56. The Morgan fingerprint density at radius 2 is 2.10 bits per heavy atom. The third-order valence-electron chi connectivity index (χ3n) is 4.59. The van der Waals surface area contributed by atoms with E-state index in [-0.39, 0.29) is 6.04 Å². The highest BCUT2D eigenvalue weighted by atomic mass is 15.3.